The van der Waals surface area contributed by atoms with Crippen molar-refractivity contribution in [1.82, 2.24) is 4.90 Å². The molecular formula is C26H39ClN2O3. The van der Waals surface area contributed by atoms with Gasteiger partial charge in [0.1, 0.15) is 6.10 Å². The molecule has 0 fully saturated rings. The highest BCUT2D eigenvalue weighted by molar-refractivity contribution is 5.99. The standard InChI is InChI=1S/C26H38N2O3.ClH/c1-19(2)28(20(3)4)17-24(29)18-31-25(26(30)22-10-8-7-9-11-22)16-21-12-14-23(15-13-21)27(5)6;/h7-15,19-20,24-25,29H,16-18H2,1-6H3;1H. The summed E-state index contributed by atoms with van der Waals surface area (Å²) in [5.41, 5.74) is 2.76. The summed E-state index contributed by atoms with van der Waals surface area (Å²) in [5, 5.41) is 10.6. The van der Waals surface area contributed by atoms with Gasteiger partial charge in [-0.05, 0) is 45.4 Å². The number of anilines is 1. The van der Waals surface area contributed by atoms with Crippen LogP contribution >= 0.6 is 12.4 Å². The van der Waals surface area contributed by atoms with Crippen LogP contribution in [-0.2, 0) is 11.2 Å². The second-order valence-corrected chi connectivity index (χ2v) is 8.86. The van der Waals surface area contributed by atoms with Gasteiger partial charge in [-0.25, -0.2) is 0 Å². The maximum atomic E-state index is 13.2. The molecule has 0 aliphatic heterocycles. The molecule has 0 spiro atoms. The molecular weight excluding hydrogens is 424 g/mol. The fourth-order valence-corrected chi connectivity index (χ4v) is 3.70. The van der Waals surface area contributed by atoms with E-state index in [0.29, 0.717) is 30.6 Å². The lowest BCUT2D eigenvalue weighted by atomic mass is 9.99. The van der Waals surface area contributed by atoms with Crippen molar-refractivity contribution in [3.63, 3.8) is 0 Å². The largest absolute Gasteiger partial charge is 0.389 e. The molecule has 2 rings (SSSR count). The number of carbonyl (C=O) groups is 1. The van der Waals surface area contributed by atoms with Gasteiger partial charge in [0.05, 0.1) is 12.7 Å². The van der Waals surface area contributed by atoms with Crippen LogP contribution in [0.25, 0.3) is 0 Å². The van der Waals surface area contributed by atoms with Gasteiger partial charge in [0.25, 0.3) is 0 Å². The lowest BCUT2D eigenvalue weighted by molar-refractivity contribution is -0.0207. The van der Waals surface area contributed by atoms with Gasteiger partial charge in [-0.3, -0.25) is 9.69 Å². The number of hydrogen-bond donors (Lipinski definition) is 1. The molecule has 2 unspecified atom stereocenters. The summed E-state index contributed by atoms with van der Waals surface area (Å²) >= 11 is 0. The third-order valence-corrected chi connectivity index (χ3v) is 5.46. The van der Waals surface area contributed by atoms with E-state index >= 15 is 0 Å². The Kier molecular flexibility index (Phi) is 11.9. The number of ether oxygens (including phenoxy) is 1. The zero-order valence-electron chi connectivity index (χ0n) is 20.2. The van der Waals surface area contributed by atoms with Gasteiger partial charge < -0.3 is 14.7 Å². The number of halogens is 1. The van der Waals surface area contributed by atoms with E-state index < -0.39 is 12.2 Å². The number of carbonyl (C=O) groups excluding carboxylic acids is 1. The second-order valence-electron chi connectivity index (χ2n) is 8.86. The minimum Gasteiger partial charge on any atom is -0.389 e. The first kappa shape index (κ1) is 28.1. The van der Waals surface area contributed by atoms with Crippen molar-refractivity contribution in [2.24, 2.45) is 0 Å². The Balaban J connectivity index is 0.00000512. The maximum absolute atomic E-state index is 13.2. The second kappa shape index (κ2) is 13.6. The van der Waals surface area contributed by atoms with Crippen LogP contribution in [0.2, 0.25) is 0 Å². The number of nitrogens with zero attached hydrogens (tertiary/aromatic N) is 2. The average molecular weight is 463 g/mol. The Morgan fingerprint density at radius 1 is 0.938 bits per heavy atom. The molecule has 0 saturated carbocycles. The fourth-order valence-electron chi connectivity index (χ4n) is 3.70. The average Bonchev–Trinajstić information content (AvgIpc) is 2.74. The van der Waals surface area contributed by atoms with Crippen molar-refractivity contribution in [3.05, 3.63) is 65.7 Å². The summed E-state index contributed by atoms with van der Waals surface area (Å²) < 4.78 is 6.03. The van der Waals surface area contributed by atoms with E-state index in [1.807, 2.05) is 73.6 Å². The molecule has 2 atom stereocenters. The van der Waals surface area contributed by atoms with Crippen LogP contribution in [0.4, 0.5) is 5.69 Å². The molecule has 0 heterocycles. The molecule has 6 heteroatoms. The molecule has 0 saturated heterocycles. The van der Waals surface area contributed by atoms with Crippen molar-refractivity contribution >= 4 is 23.9 Å². The molecule has 32 heavy (non-hydrogen) atoms. The minimum absolute atomic E-state index is 0. The zero-order chi connectivity index (χ0) is 23.0. The SMILES string of the molecule is CC(C)N(CC(O)COC(Cc1ccc(N(C)C)cc1)C(=O)c1ccccc1)C(C)C.Cl. The van der Waals surface area contributed by atoms with Gasteiger partial charge in [-0.1, -0.05) is 42.5 Å². The number of ketones is 1. The maximum Gasteiger partial charge on any atom is 0.191 e. The molecule has 1 N–H and O–H groups in total. The summed E-state index contributed by atoms with van der Waals surface area (Å²) in [6, 6.07) is 18.0. The lowest BCUT2D eigenvalue weighted by Crippen LogP contribution is -2.44. The predicted octanol–water partition coefficient (Wildman–Crippen LogP) is 4.46. The van der Waals surface area contributed by atoms with Crippen LogP contribution in [0.3, 0.4) is 0 Å². The van der Waals surface area contributed by atoms with Gasteiger partial charge in [0.2, 0.25) is 0 Å². The van der Waals surface area contributed by atoms with Crippen LogP contribution < -0.4 is 4.90 Å². The Hall–Kier alpha value is -1.92. The number of aliphatic hydroxyl groups excluding tert-OH is 1. The molecule has 0 aliphatic carbocycles. The Morgan fingerprint density at radius 2 is 1.50 bits per heavy atom. The Morgan fingerprint density at radius 3 is 2.00 bits per heavy atom. The Labute approximate surface area is 199 Å². The number of benzene rings is 2. The Bertz CT molecular complexity index is 786. The highest BCUT2D eigenvalue weighted by atomic mass is 35.5. The lowest BCUT2D eigenvalue weighted by Gasteiger charge is -2.32. The molecule has 0 bridgehead atoms. The number of Topliss-reactive ketones (excluding diaryl/α,β-unsaturated/α-hetero) is 1. The number of aliphatic hydroxyl groups is 1. The van der Waals surface area contributed by atoms with E-state index in [-0.39, 0.29) is 24.8 Å². The van der Waals surface area contributed by atoms with Crippen LogP contribution in [0.5, 0.6) is 0 Å². The smallest absolute Gasteiger partial charge is 0.191 e. The predicted molar refractivity (Wildman–Crippen MR) is 135 cm³/mol. The van der Waals surface area contributed by atoms with Gasteiger partial charge in [-0.15, -0.1) is 12.4 Å². The first-order chi connectivity index (χ1) is 14.7. The zero-order valence-corrected chi connectivity index (χ0v) is 21.0. The van der Waals surface area contributed by atoms with Gasteiger partial charge >= 0.3 is 0 Å². The third-order valence-electron chi connectivity index (χ3n) is 5.46. The molecule has 0 radical (unpaired) electrons. The van der Waals surface area contributed by atoms with E-state index in [1.54, 1.807) is 0 Å². The first-order valence-corrected chi connectivity index (χ1v) is 11.1. The van der Waals surface area contributed by atoms with E-state index in [0.717, 1.165) is 11.3 Å². The topological polar surface area (TPSA) is 53.0 Å². The van der Waals surface area contributed by atoms with Crippen LogP contribution in [0.15, 0.2) is 54.6 Å². The van der Waals surface area contributed by atoms with Crippen LogP contribution in [-0.4, -0.2) is 67.3 Å². The molecule has 0 aromatic heterocycles. The molecule has 2 aromatic rings. The highest BCUT2D eigenvalue weighted by Gasteiger charge is 2.24. The monoisotopic (exact) mass is 462 g/mol. The summed E-state index contributed by atoms with van der Waals surface area (Å²) in [6.07, 6.45) is -0.840. The minimum atomic E-state index is -0.660. The normalized spacial score (nSPS) is 13.2. The van der Waals surface area contributed by atoms with Gasteiger partial charge in [0.15, 0.2) is 5.78 Å². The van der Waals surface area contributed by atoms with Gasteiger partial charge in [0, 0.05) is 50.4 Å². The van der Waals surface area contributed by atoms with Gasteiger partial charge in [-0.2, -0.15) is 0 Å². The van der Waals surface area contributed by atoms with E-state index in [4.69, 9.17) is 4.74 Å². The summed E-state index contributed by atoms with van der Waals surface area (Å²) in [6.45, 7) is 9.10. The third kappa shape index (κ3) is 8.55. The van der Waals surface area contributed by atoms with E-state index in [2.05, 4.69) is 32.6 Å². The summed E-state index contributed by atoms with van der Waals surface area (Å²) in [5.74, 6) is -0.0611. The van der Waals surface area contributed by atoms with Crippen LogP contribution in [0, 0.1) is 0 Å². The molecule has 0 amide bonds. The molecule has 0 aliphatic rings. The van der Waals surface area contributed by atoms with Crippen molar-refractivity contribution in [3.8, 4) is 0 Å². The first-order valence-electron chi connectivity index (χ1n) is 11.1. The van der Waals surface area contributed by atoms with Crippen LogP contribution in [0.1, 0.15) is 43.6 Å². The molecule has 2 aromatic carbocycles. The number of hydrogen-bond acceptors (Lipinski definition) is 5. The van der Waals surface area contributed by atoms with Crippen molar-refractivity contribution in [2.45, 2.75) is 58.4 Å². The molecule has 178 valence electrons. The van der Waals surface area contributed by atoms with Crippen molar-refractivity contribution < 1.29 is 14.6 Å². The van der Waals surface area contributed by atoms with Crippen molar-refractivity contribution in [2.75, 3.05) is 32.1 Å². The fraction of sp³-hybridized carbons (Fsp3) is 0.500. The van der Waals surface area contributed by atoms with E-state index in [9.17, 15) is 9.90 Å². The van der Waals surface area contributed by atoms with E-state index in [1.165, 1.54) is 0 Å². The van der Waals surface area contributed by atoms with Crippen molar-refractivity contribution in [1.29, 1.82) is 0 Å². The number of rotatable bonds is 12. The summed E-state index contributed by atoms with van der Waals surface area (Å²) in [7, 11) is 4.00. The molecule has 5 nitrogen and oxygen atoms in total. The summed E-state index contributed by atoms with van der Waals surface area (Å²) in [4.78, 5) is 17.4. The highest BCUT2D eigenvalue weighted by Crippen LogP contribution is 2.17. The quantitative estimate of drug-likeness (QED) is 0.472.